The van der Waals surface area contributed by atoms with Gasteiger partial charge in [0, 0.05) is 52.7 Å². The second-order valence-corrected chi connectivity index (χ2v) is 1.87. The van der Waals surface area contributed by atoms with Gasteiger partial charge >= 0.3 is 0 Å². The molecule has 0 aromatic carbocycles. The third-order valence-electron chi connectivity index (χ3n) is 1.21. The monoisotopic (exact) mass is 334 g/mol. The van der Waals surface area contributed by atoms with Crippen molar-refractivity contribution in [1.82, 2.24) is 10.2 Å². The molecule has 2 nitrogen and oxygen atoms in total. The largest absolute Gasteiger partial charge is 0.457 e. The van der Waals surface area contributed by atoms with Gasteiger partial charge in [0.25, 0.3) is 0 Å². The van der Waals surface area contributed by atoms with E-state index in [9.17, 15) is 0 Å². The summed E-state index contributed by atoms with van der Waals surface area (Å²) in [6, 6.07) is 0. The molecule has 1 aliphatic heterocycles. The second-order valence-electron chi connectivity index (χ2n) is 1.87. The van der Waals surface area contributed by atoms with E-state index >= 15 is 0 Å². The SMILES string of the molecule is [CH2-]N1CCNCC1.[V].[W]. The molecule has 1 heterocycles. The molecule has 1 N–H and O–H groups in total. The van der Waals surface area contributed by atoms with Crippen LogP contribution in [-0.4, -0.2) is 31.1 Å². The molecule has 0 saturated carbocycles. The van der Waals surface area contributed by atoms with Crippen molar-refractivity contribution in [3.05, 3.63) is 7.05 Å². The van der Waals surface area contributed by atoms with Crippen LogP contribution < -0.4 is 5.32 Å². The Balaban J connectivity index is 0. The number of rotatable bonds is 0. The fourth-order valence-electron chi connectivity index (χ4n) is 0.711. The topological polar surface area (TPSA) is 15.3 Å². The quantitative estimate of drug-likeness (QED) is 0.611. The van der Waals surface area contributed by atoms with Gasteiger partial charge in [0.05, 0.1) is 0 Å². The Hall–Kier alpha value is 1.19. The van der Waals surface area contributed by atoms with Crippen molar-refractivity contribution in [1.29, 1.82) is 0 Å². The van der Waals surface area contributed by atoms with Gasteiger partial charge in [-0.15, -0.1) is 0 Å². The average molecular weight is 334 g/mol. The van der Waals surface area contributed by atoms with Gasteiger partial charge in [0.1, 0.15) is 0 Å². The van der Waals surface area contributed by atoms with Crippen LogP contribution in [0.3, 0.4) is 0 Å². The summed E-state index contributed by atoms with van der Waals surface area (Å²) in [7, 11) is 3.79. The molecule has 0 aromatic rings. The Morgan fingerprint density at radius 1 is 1.22 bits per heavy atom. The third kappa shape index (κ3) is 5.63. The summed E-state index contributed by atoms with van der Waals surface area (Å²) < 4.78 is 0. The first kappa shape index (κ1) is 12.8. The first-order valence-electron chi connectivity index (χ1n) is 2.66. The van der Waals surface area contributed by atoms with Gasteiger partial charge in [-0.25, -0.2) is 0 Å². The molecule has 53 valence electrons. The molecule has 0 aliphatic carbocycles. The van der Waals surface area contributed by atoms with E-state index in [1.807, 2.05) is 0 Å². The van der Waals surface area contributed by atoms with Crippen LogP contribution in [0.15, 0.2) is 0 Å². The minimum atomic E-state index is 0. The van der Waals surface area contributed by atoms with Crippen molar-refractivity contribution in [3.63, 3.8) is 0 Å². The Morgan fingerprint density at radius 2 is 1.67 bits per heavy atom. The second kappa shape index (κ2) is 7.30. The Morgan fingerprint density at radius 3 is 1.89 bits per heavy atom. The molecular weight excluding hydrogens is 323 g/mol. The van der Waals surface area contributed by atoms with Gasteiger partial charge in [0.15, 0.2) is 0 Å². The van der Waals surface area contributed by atoms with E-state index in [-0.39, 0.29) is 39.6 Å². The Bertz CT molecular complexity index is 56.9. The van der Waals surface area contributed by atoms with Gasteiger partial charge in [-0.2, -0.15) is 0 Å². The van der Waals surface area contributed by atoms with Crippen LogP contribution in [0.5, 0.6) is 0 Å². The summed E-state index contributed by atoms with van der Waals surface area (Å²) in [6.45, 7) is 4.40. The van der Waals surface area contributed by atoms with Crippen LogP contribution in [0.1, 0.15) is 0 Å². The van der Waals surface area contributed by atoms with Gasteiger partial charge in [-0.3, -0.25) is 7.05 Å². The molecule has 1 aliphatic rings. The molecule has 0 atom stereocenters. The van der Waals surface area contributed by atoms with E-state index in [0.717, 1.165) is 26.2 Å². The van der Waals surface area contributed by atoms with Crippen LogP contribution in [0.2, 0.25) is 0 Å². The summed E-state index contributed by atoms with van der Waals surface area (Å²) in [5.74, 6) is 0. The number of hydrogen-bond acceptors (Lipinski definition) is 2. The van der Waals surface area contributed by atoms with Crippen LogP contribution in [-0.2, 0) is 39.6 Å². The van der Waals surface area contributed by atoms with Crippen molar-refractivity contribution >= 4 is 0 Å². The molecule has 1 saturated heterocycles. The van der Waals surface area contributed by atoms with Gasteiger partial charge in [0.2, 0.25) is 0 Å². The molecule has 0 spiro atoms. The zero-order valence-electron chi connectivity index (χ0n) is 5.34. The van der Waals surface area contributed by atoms with Crippen LogP contribution in [0, 0.1) is 7.05 Å². The normalized spacial score (nSPS) is 19.7. The minimum Gasteiger partial charge on any atom is -0.457 e. The van der Waals surface area contributed by atoms with E-state index < -0.39 is 0 Å². The molecule has 1 rings (SSSR count). The van der Waals surface area contributed by atoms with E-state index in [0.29, 0.717) is 0 Å². The van der Waals surface area contributed by atoms with Crippen LogP contribution in [0.4, 0.5) is 0 Å². The van der Waals surface area contributed by atoms with Crippen molar-refractivity contribution in [2.24, 2.45) is 0 Å². The number of nitrogens with one attached hydrogen (secondary N) is 1. The summed E-state index contributed by atoms with van der Waals surface area (Å²) in [5.41, 5.74) is 0. The van der Waals surface area contributed by atoms with Crippen LogP contribution >= 0.6 is 0 Å². The van der Waals surface area contributed by atoms with Gasteiger partial charge in [-0.1, -0.05) is 0 Å². The van der Waals surface area contributed by atoms with Crippen LogP contribution in [0.25, 0.3) is 0 Å². The van der Waals surface area contributed by atoms with E-state index in [1.54, 1.807) is 0 Å². The molecule has 0 aromatic heterocycles. The van der Waals surface area contributed by atoms with E-state index in [4.69, 9.17) is 0 Å². The zero-order chi connectivity index (χ0) is 5.11. The molecule has 1 fully saturated rings. The number of hydrogen-bond donors (Lipinski definition) is 1. The molecule has 0 unspecified atom stereocenters. The fourth-order valence-corrected chi connectivity index (χ4v) is 0.711. The zero-order valence-corrected chi connectivity index (χ0v) is 9.67. The summed E-state index contributed by atoms with van der Waals surface area (Å²) in [6.07, 6.45) is 0. The third-order valence-corrected chi connectivity index (χ3v) is 1.21. The fraction of sp³-hybridized carbons (Fsp3) is 0.800. The van der Waals surface area contributed by atoms with E-state index in [2.05, 4.69) is 17.3 Å². The van der Waals surface area contributed by atoms with Crippen molar-refractivity contribution in [2.45, 2.75) is 0 Å². The molecule has 0 amide bonds. The maximum absolute atomic E-state index is 3.79. The number of nitrogens with zero attached hydrogens (tertiary/aromatic N) is 1. The summed E-state index contributed by atoms with van der Waals surface area (Å²) in [4.78, 5) is 2.08. The van der Waals surface area contributed by atoms with Crippen molar-refractivity contribution in [3.8, 4) is 0 Å². The first-order chi connectivity index (χ1) is 3.39. The summed E-state index contributed by atoms with van der Waals surface area (Å²) in [5, 5.41) is 3.23. The standard InChI is InChI=1S/C5H11N2.V.W/c1-7-4-2-6-3-5-7;;/h6H,1-5H2;;/q-1;;. The van der Waals surface area contributed by atoms with Crippen molar-refractivity contribution in [2.75, 3.05) is 26.2 Å². The molecule has 0 bridgehead atoms. The smallest absolute Gasteiger partial charge is 0.00555 e. The maximum Gasteiger partial charge on any atom is 0.00555 e. The van der Waals surface area contributed by atoms with Crippen molar-refractivity contribution < 1.29 is 39.6 Å². The van der Waals surface area contributed by atoms with E-state index in [1.165, 1.54) is 0 Å². The molecule has 4 heteroatoms. The Labute approximate surface area is 82.9 Å². The summed E-state index contributed by atoms with van der Waals surface area (Å²) >= 11 is 0. The predicted molar refractivity (Wildman–Crippen MR) is 29.8 cm³/mol. The Kier molecular flexibility index (Phi) is 10.4. The van der Waals surface area contributed by atoms with Gasteiger partial charge < -0.3 is 10.2 Å². The minimum absolute atomic E-state index is 0. The molecule has 9 heavy (non-hydrogen) atoms. The number of piperazine rings is 1. The predicted octanol–water partition coefficient (Wildman–Crippen LogP) is -0.322. The molecule has 1 radical (unpaired) electrons. The first-order valence-corrected chi connectivity index (χ1v) is 2.66. The molecular formula is C5H11N2VW-. The maximum atomic E-state index is 3.79. The average Bonchev–Trinajstić information content (AvgIpc) is 1.69. The van der Waals surface area contributed by atoms with Gasteiger partial charge in [-0.05, 0) is 13.1 Å².